The average Bonchev–Trinajstić information content (AvgIpc) is 2.57. The molecule has 7 heteroatoms. The first-order valence-corrected chi connectivity index (χ1v) is 8.24. The molecule has 1 aromatic heterocycles. The second-order valence-corrected chi connectivity index (χ2v) is 5.91. The molecular formula is C19H27IN4O2. The molecule has 0 N–H and O–H groups in total. The van der Waals surface area contributed by atoms with Crippen LogP contribution in [0.4, 0.5) is 0 Å². The molecule has 0 aliphatic heterocycles. The molecule has 0 fully saturated rings. The van der Waals surface area contributed by atoms with Gasteiger partial charge in [-0.2, -0.15) is 0 Å². The molecule has 26 heavy (non-hydrogen) atoms. The highest BCUT2D eigenvalue weighted by atomic mass is 127. The van der Waals surface area contributed by atoms with Gasteiger partial charge in [-0.25, -0.2) is 9.98 Å². The van der Waals surface area contributed by atoms with Gasteiger partial charge in [0.15, 0.2) is 5.96 Å². The summed E-state index contributed by atoms with van der Waals surface area (Å²) >= 11 is 0. The molecule has 0 saturated carbocycles. The molecule has 0 atom stereocenters. The zero-order valence-electron chi connectivity index (χ0n) is 16.0. The third kappa shape index (κ3) is 6.70. The molecule has 0 saturated heterocycles. The lowest BCUT2D eigenvalue weighted by Crippen LogP contribution is -2.35. The molecule has 0 unspecified atom stereocenters. The van der Waals surface area contributed by atoms with Crippen molar-refractivity contribution >= 4 is 29.9 Å². The number of hydrogen-bond donors (Lipinski definition) is 0. The number of rotatable bonds is 6. The highest BCUT2D eigenvalue weighted by molar-refractivity contribution is 14.0. The largest absolute Gasteiger partial charge is 0.494 e. The summed E-state index contributed by atoms with van der Waals surface area (Å²) in [7, 11) is 7.91. The number of aromatic nitrogens is 1. The van der Waals surface area contributed by atoms with Gasteiger partial charge in [0.05, 0.1) is 13.2 Å². The Balaban J connectivity index is 0.00000338. The molecule has 6 nitrogen and oxygen atoms in total. The number of hydrogen-bond acceptors (Lipinski definition) is 4. The second-order valence-electron chi connectivity index (χ2n) is 5.91. The molecule has 0 aliphatic carbocycles. The van der Waals surface area contributed by atoms with Crippen molar-refractivity contribution in [2.24, 2.45) is 4.99 Å². The Morgan fingerprint density at radius 3 is 2.19 bits per heavy atom. The van der Waals surface area contributed by atoms with E-state index in [2.05, 4.69) is 9.98 Å². The van der Waals surface area contributed by atoms with Crippen molar-refractivity contribution in [2.75, 3.05) is 34.8 Å². The van der Waals surface area contributed by atoms with Crippen LogP contribution in [0.1, 0.15) is 12.5 Å². The zero-order chi connectivity index (χ0) is 18.2. The highest BCUT2D eigenvalue weighted by Gasteiger charge is 2.05. The predicted octanol–water partition coefficient (Wildman–Crippen LogP) is 3.87. The van der Waals surface area contributed by atoms with E-state index in [0.717, 1.165) is 23.0 Å². The minimum absolute atomic E-state index is 0. The molecule has 0 bridgehead atoms. The maximum atomic E-state index is 5.82. The molecule has 0 aliphatic rings. The van der Waals surface area contributed by atoms with Gasteiger partial charge in [-0.15, -0.1) is 24.0 Å². The summed E-state index contributed by atoms with van der Waals surface area (Å²) in [5, 5.41) is 0. The van der Waals surface area contributed by atoms with Gasteiger partial charge in [-0.3, -0.25) is 0 Å². The van der Waals surface area contributed by atoms with Crippen LogP contribution in [0.25, 0.3) is 0 Å². The molecular weight excluding hydrogens is 443 g/mol. The van der Waals surface area contributed by atoms with E-state index < -0.39 is 0 Å². The monoisotopic (exact) mass is 470 g/mol. The summed E-state index contributed by atoms with van der Waals surface area (Å²) in [6.45, 7) is 3.17. The molecule has 2 aromatic rings. The van der Waals surface area contributed by atoms with Gasteiger partial charge < -0.3 is 19.3 Å². The first kappa shape index (κ1) is 22.0. The van der Waals surface area contributed by atoms with Gasteiger partial charge in [0.25, 0.3) is 0 Å². The molecule has 1 aromatic carbocycles. The van der Waals surface area contributed by atoms with Crippen LogP contribution < -0.4 is 9.47 Å². The average molecular weight is 470 g/mol. The van der Waals surface area contributed by atoms with Gasteiger partial charge in [0, 0.05) is 40.5 Å². The van der Waals surface area contributed by atoms with Gasteiger partial charge >= 0.3 is 0 Å². The minimum atomic E-state index is 0. The third-order valence-electron chi connectivity index (χ3n) is 3.36. The molecule has 142 valence electrons. The predicted molar refractivity (Wildman–Crippen MR) is 116 cm³/mol. The molecule has 0 spiro atoms. The Kier molecular flexibility index (Phi) is 9.18. The zero-order valence-corrected chi connectivity index (χ0v) is 18.3. The number of ether oxygens (including phenoxy) is 2. The van der Waals surface area contributed by atoms with Crippen LogP contribution in [0.3, 0.4) is 0 Å². The summed E-state index contributed by atoms with van der Waals surface area (Å²) in [5.41, 5.74) is 1.04. The van der Waals surface area contributed by atoms with E-state index in [1.54, 1.807) is 6.20 Å². The molecule has 0 amide bonds. The number of pyridine rings is 1. The maximum absolute atomic E-state index is 5.82. The fourth-order valence-corrected chi connectivity index (χ4v) is 2.34. The number of guanidine groups is 1. The van der Waals surface area contributed by atoms with E-state index in [9.17, 15) is 0 Å². The van der Waals surface area contributed by atoms with Crippen LogP contribution in [0.5, 0.6) is 17.4 Å². The van der Waals surface area contributed by atoms with Crippen molar-refractivity contribution in [2.45, 2.75) is 13.5 Å². The Morgan fingerprint density at radius 2 is 1.62 bits per heavy atom. The first-order valence-electron chi connectivity index (χ1n) is 8.24. The van der Waals surface area contributed by atoms with Crippen LogP contribution in [-0.4, -0.2) is 55.5 Å². The fourth-order valence-electron chi connectivity index (χ4n) is 2.34. The Bertz CT molecular complexity index is 693. The summed E-state index contributed by atoms with van der Waals surface area (Å²) in [5.74, 6) is 3.00. The lowest BCUT2D eigenvalue weighted by atomic mass is 10.2. The van der Waals surface area contributed by atoms with Crippen LogP contribution in [0.15, 0.2) is 47.6 Å². The maximum Gasteiger partial charge on any atom is 0.219 e. The van der Waals surface area contributed by atoms with Crippen LogP contribution in [0.2, 0.25) is 0 Å². The number of nitrogens with zero attached hydrogens (tertiary/aromatic N) is 4. The van der Waals surface area contributed by atoms with E-state index in [4.69, 9.17) is 9.47 Å². The van der Waals surface area contributed by atoms with Gasteiger partial charge in [0.2, 0.25) is 5.88 Å². The molecule has 2 rings (SSSR count). The van der Waals surface area contributed by atoms with Crippen LogP contribution in [-0.2, 0) is 6.54 Å². The summed E-state index contributed by atoms with van der Waals surface area (Å²) in [4.78, 5) is 12.9. The van der Waals surface area contributed by atoms with Crippen molar-refractivity contribution < 1.29 is 9.47 Å². The quantitative estimate of drug-likeness (QED) is 0.365. The Hall–Kier alpha value is -2.03. The van der Waals surface area contributed by atoms with Crippen molar-refractivity contribution in [1.29, 1.82) is 0 Å². The van der Waals surface area contributed by atoms with E-state index in [-0.39, 0.29) is 24.0 Å². The SMILES string of the molecule is CCOc1ccc(Oc2cc(CN=C(N(C)C)N(C)C)ccn2)cc1.I. The van der Waals surface area contributed by atoms with Crippen molar-refractivity contribution in [3.8, 4) is 17.4 Å². The smallest absolute Gasteiger partial charge is 0.219 e. The molecule has 1 heterocycles. The fraction of sp³-hybridized carbons (Fsp3) is 0.368. The topological polar surface area (TPSA) is 50.2 Å². The van der Waals surface area contributed by atoms with Crippen LogP contribution in [0, 0.1) is 0 Å². The number of benzene rings is 1. The number of aliphatic imine (C=N–C) groups is 1. The Morgan fingerprint density at radius 1 is 1.00 bits per heavy atom. The highest BCUT2D eigenvalue weighted by Crippen LogP contribution is 2.23. The lowest BCUT2D eigenvalue weighted by Gasteiger charge is -2.22. The van der Waals surface area contributed by atoms with Crippen LogP contribution >= 0.6 is 24.0 Å². The Labute approximate surface area is 172 Å². The summed E-state index contributed by atoms with van der Waals surface area (Å²) in [6, 6.07) is 11.3. The second kappa shape index (κ2) is 10.8. The summed E-state index contributed by atoms with van der Waals surface area (Å²) < 4.78 is 11.2. The molecule has 0 radical (unpaired) electrons. The van der Waals surface area contributed by atoms with Crippen molar-refractivity contribution in [3.05, 3.63) is 48.2 Å². The van der Waals surface area contributed by atoms with E-state index >= 15 is 0 Å². The van der Waals surface area contributed by atoms with Gasteiger partial charge in [-0.1, -0.05) is 0 Å². The van der Waals surface area contributed by atoms with Gasteiger partial charge in [0.1, 0.15) is 11.5 Å². The first-order chi connectivity index (χ1) is 12.0. The summed E-state index contributed by atoms with van der Waals surface area (Å²) in [6.07, 6.45) is 1.74. The van der Waals surface area contributed by atoms with E-state index in [0.29, 0.717) is 19.0 Å². The lowest BCUT2D eigenvalue weighted by molar-refractivity contribution is 0.339. The van der Waals surface area contributed by atoms with Gasteiger partial charge in [-0.05, 0) is 42.8 Å². The standard InChI is InChI=1S/C19H26N4O2.HI/c1-6-24-16-7-9-17(10-8-16)25-18-13-15(11-12-20-18)14-21-19(22(2)3)23(4)5;/h7-13H,6,14H2,1-5H3;1H. The number of halogens is 1. The van der Waals surface area contributed by atoms with Crippen molar-refractivity contribution in [3.63, 3.8) is 0 Å². The third-order valence-corrected chi connectivity index (χ3v) is 3.36. The van der Waals surface area contributed by atoms with E-state index in [1.807, 2.05) is 81.3 Å². The van der Waals surface area contributed by atoms with E-state index in [1.165, 1.54) is 0 Å². The normalized spacial score (nSPS) is 9.73. The minimum Gasteiger partial charge on any atom is -0.494 e. The van der Waals surface area contributed by atoms with Crippen molar-refractivity contribution in [1.82, 2.24) is 14.8 Å².